The highest BCUT2D eigenvalue weighted by atomic mass is 32.1. The minimum absolute atomic E-state index is 0.00612. The molecule has 0 saturated heterocycles. The van der Waals surface area contributed by atoms with E-state index in [4.69, 9.17) is 15.2 Å². The average molecular weight is 624 g/mol. The number of carbonyl (C=O) groups excluding carboxylic acids is 3. The topological polar surface area (TPSA) is 142 Å². The SMILES string of the molecule is CCOC(=O)C1=C(N)N(c2ccc(F)cc2F)C2=C(C(=O)[C@H](C(=O)OCC)[C@H](c3cccs3)C2)[C@@H]1c1cccc([N+](=O)[O-])c1. The van der Waals surface area contributed by atoms with Crippen LogP contribution in [0.3, 0.4) is 0 Å². The third-order valence-corrected chi connectivity index (χ3v) is 8.55. The zero-order valence-corrected chi connectivity index (χ0v) is 24.4. The van der Waals surface area contributed by atoms with Crippen LogP contribution in [0.25, 0.3) is 0 Å². The Bertz CT molecular complexity index is 1720. The van der Waals surface area contributed by atoms with Gasteiger partial charge < -0.3 is 15.2 Å². The molecule has 0 radical (unpaired) electrons. The molecule has 2 aliphatic rings. The number of ketones is 1. The van der Waals surface area contributed by atoms with Gasteiger partial charge in [-0.25, -0.2) is 13.6 Å². The number of nitro benzene ring substituents is 1. The van der Waals surface area contributed by atoms with Crippen LogP contribution in [0.4, 0.5) is 20.2 Å². The van der Waals surface area contributed by atoms with Crippen molar-refractivity contribution in [2.24, 2.45) is 11.7 Å². The van der Waals surface area contributed by atoms with Crippen LogP contribution in [0, 0.1) is 27.7 Å². The van der Waals surface area contributed by atoms with Gasteiger partial charge >= 0.3 is 11.9 Å². The normalized spacial score (nSPS) is 20.0. The maximum atomic E-state index is 15.4. The molecule has 0 spiro atoms. The number of allylic oxidation sites excluding steroid dienone is 2. The van der Waals surface area contributed by atoms with E-state index in [1.165, 1.54) is 40.5 Å². The number of Topliss-reactive ketones (excluding diaryl/α,β-unsaturated/α-hetero) is 1. The Morgan fingerprint density at radius 1 is 1.09 bits per heavy atom. The molecule has 3 atom stereocenters. The average Bonchev–Trinajstić information content (AvgIpc) is 3.52. The number of non-ortho nitro benzene ring substituents is 1. The predicted octanol–water partition coefficient (Wildman–Crippen LogP) is 5.46. The molecule has 1 aliphatic carbocycles. The minimum atomic E-state index is -1.35. The third kappa shape index (κ3) is 5.34. The molecule has 0 unspecified atom stereocenters. The molecule has 13 heteroatoms. The van der Waals surface area contributed by atoms with Gasteiger partial charge in [0.25, 0.3) is 5.69 Å². The Balaban J connectivity index is 1.85. The maximum Gasteiger partial charge on any atom is 0.338 e. The van der Waals surface area contributed by atoms with E-state index in [1.807, 2.05) is 0 Å². The van der Waals surface area contributed by atoms with E-state index in [1.54, 1.807) is 31.4 Å². The molecular formula is C31H27F2N3O7S. The molecule has 1 aliphatic heterocycles. The van der Waals surface area contributed by atoms with Gasteiger partial charge in [-0.1, -0.05) is 18.2 Å². The Labute approximate surface area is 254 Å². The maximum absolute atomic E-state index is 15.4. The molecule has 0 saturated carbocycles. The van der Waals surface area contributed by atoms with Gasteiger partial charge in [-0.05, 0) is 49.4 Å². The van der Waals surface area contributed by atoms with E-state index < -0.39 is 52.0 Å². The first-order valence-corrected chi connectivity index (χ1v) is 14.6. The molecule has 0 amide bonds. The monoisotopic (exact) mass is 623 g/mol. The van der Waals surface area contributed by atoms with Crippen molar-refractivity contribution in [3.63, 3.8) is 0 Å². The summed E-state index contributed by atoms with van der Waals surface area (Å²) in [6.45, 7) is 3.06. The molecule has 2 N–H and O–H groups in total. The van der Waals surface area contributed by atoms with Crippen LogP contribution in [0.5, 0.6) is 0 Å². The Morgan fingerprint density at radius 2 is 1.84 bits per heavy atom. The lowest BCUT2D eigenvalue weighted by atomic mass is 9.68. The number of carbonyl (C=O) groups is 3. The van der Waals surface area contributed by atoms with Gasteiger partial charge in [-0.3, -0.25) is 24.6 Å². The minimum Gasteiger partial charge on any atom is -0.465 e. The fraction of sp³-hybridized carbons (Fsp3) is 0.258. The van der Waals surface area contributed by atoms with Crippen molar-refractivity contribution in [3.05, 3.63) is 115 Å². The van der Waals surface area contributed by atoms with Crippen molar-refractivity contribution in [3.8, 4) is 0 Å². The number of rotatable bonds is 8. The predicted molar refractivity (Wildman–Crippen MR) is 156 cm³/mol. The summed E-state index contributed by atoms with van der Waals surface area (Å²) in [7, 11) is 0. The largest absolute Gasteiger partial charge is 0.465 e. The number of hydrogen-bond donors (Lipinski definition) is 1. The van der Waals surface area contributed by atoms with Crippen LogP contribution in [-0.2, 0) is 23.9 Å². The molecule has 0 bridgehead atoms. The van der Waals surface area contributed by atoms with Crippen molar-refractivity contribution in [1.82, 2.24) is 0 Å². The Hall–Kier alpha value is -4.91. The molecule has 2 heterocycles. The van der Waals surface area contributed by atoms with Gasteiger partial charge in [0.2, 0.25) is 0 Å². The van der Waals surface area contributed by atoms with Crippen molar-refractivity contribution in [1.29, 1.82) is 0 Å². The van der Waals surface area contributed by atoms with Gasteiger partial charge in [-0.15, -0.1) is 11.3 Å². The standard InChI is InChI=1S/C31H27F2N3O7S/c1-3-42-30(38)25-19(23-9-6-12-44-23)15-22-26(28(25)37)24(16-7-5-8-18(13-16)36(40)41)27(31(39)43-4-2)29(34)35(22)21-11-10-17(32)14-20(21)33/h5-14,19,24-25H,3-4,15,34H2,1-2H3/t19-,24-,25+/m0/s1. The summed E-state index contributed by atoms with van der Waals surface area (Å²) in [5.74, 6) is -8.09. The first kappa shape index (κ1) is 30.5. The highest BCUT2D eigenvalue weighted by molar-refractivity contribution is 7.10. The first-order chi connectivity index (χ1) is 21.1. The van der Waals surface area contributed by atoms with Crippen LogP contribution in [-0.4, -0.2) is 35.9 Å². The summed E-state index contributed by atoms with van der Waals surface area (Å²) >= 11 is 1.31. The number of anilines is 1. The van der Waals surface area contributed by atoms with Crippen LogP contribution in [0.2, 0.25) is 0 Å². The number of nitrogens with two attached hydrogens (primary N) is 1. The van der Waals surface area contributed by atoms with E-state index >= 15 is 4.39 Å². The highest BCUT2D eigenvalue weighted by Gasteiger charge is 2.52. The number of benzene rings is 2. The smallest absolute Gasteiger partial charge is 0.338 e. The Morgan fingerprint density at radius 3 is 2.48 bits per heavy atom. The number of nitro groups is 1. The summed E-state index contributed by atoms with van der Waals surface area (Å²) in [6.07, 6.45) is -0.0376. The van der Waals surface area contributed by atoms with E-state index in [2.05, 4.69) is 0 Å². The second-order valence-corrected chi connectivity index (χ2v) is 11.0. The van der Waals surface area contributed by atoms with Crippen molar-refractivity contribution >= 4 is 40.4 Å². The van der Waals surface area contributed by atoms with Gasteiger partial charge in [0.15, 0.2) is 5.78 Å². The lowest BCUT2D eigenvalue weighted by molar-refractivity contribution is -0.384. The summed E-state index contributed by atoms with van der Waals surface area (Å²) in [4.78, 5) is 54.6. The fourth-order valence-corrected chi connectivity index (χ4v) is 6.66. The van der Waals surface area contributed by atoms with Crippen molar-refractivity contribution < 1.29 is 37.6 Å². The van der Waals surface area contributed by atoms with Crippen LogP contribution < -0.4 is 10.6 Å². The molecular weight excluding hydrogens is 596 g/mol. The van der Waals surface area contributed by atoms with E-state index in [9.17, 15) is 28.9 Å². The van der Waals surface area contributed by atoms with Crippen LogP contribution in [0.15, 0.2) is 82.6 Å². The van der Waals surface area contributed by atoms with Gasteiger partial charge in [0, 0.05) is 40.3 Å². The number of esters is 2. The number of hydrogen-bond acceptors (Lipinski definition) is 10. The number of nitrogens with zero attached hydrogens (tertiary/aromatic N) is 2. The van der Waals surface area contributed by atoms with E-state index in [0.717, 1.165) is 12.1 Å². The Kier molecular flexibility index (Phi) is 8.59. The second kappa shape index (κ2) is 12.4. The first-order valence-electron chi connectivity index (χ1n) is 13.7. The number of ether oxygens (including phenoxy) is 2. The quantitative estimate of drug-likeness (QED) is 0.150. The van der Waals surface area contributed by atoms with Crippen molar-refractivity contribution in [2.75, 3.05) is 18.1 Å². The summed E-state index contributed by atoms with van der Waals surface area (Å²) in [5, 5.41) is 13.5. The summed E-state index contributed by atoms with van der Waals surface area (Å²) in [6, 6.07) is 11.6. The number of thiophene rings is 1. The molecule has 0 fully saturated rings. The summed E-state index contributed by atoms with van der Waals surface area (Å²) in [5.41, 5.74) is 6.01. The highest BCUT2D eigenvalue weighted by Crippen LogP contribution is 2.52. The third-order valence-electron chi connectivity index (χ3n) is 7.55. The van der Waals surface area contributed by atoms with E-state index in [-0.39, 0.29) is 59.2 Å². The molecule has 5 rings (SSSR count). The van der Waals surface area contributed by atoms with Crippen LogP contribution in [0.1, 0.15) is 42.5 Å². The zero-order chi connectivity index (χ0) is 31.7. The van der Waals surface area contributed by atoms with E-state index in [0.29, 0.717) is 10.9 Å². The summed E-state index contributed by atoms with van der Waals surface area (Å²) < 4.78 is 40.1. The van der Waals surface area contributed by atoms with Gasteiger partial charge in [0.05, 0.1) is 35.3 Å². The lowest BCUT2D eigenvalue weighted by Crippen LogP contribution is -2.46. The zero-order valence-electron chi connectivity index (χ0n) is 23.6. The molecule has 44 heavy (non-hydrogen) atoms. The van der Waals surface area contributed by atoms with Gasteiger partial charge in [-0.2, -0.15) is 0 Å². The number of halogens is 2. The fourth-order valence-electron chi connectivity index (χ4n) is 5.80. The second-order valence-electron chi connectivity index (χ2n) is 10.0. The molecule has 228 valence electrons. The molecule has 2 aromatic carbocycles. The van der Waals surface area contributed by atoms with Gasteiger partial charge in [0.1, 0.15) is 23.4 Å². The van der Waals surface area contributed by atoms with Crippen LogP contribution >= 0.6 is 11.3 Å². The van der Waals surface area contributed by atoms with Crippen molar-refractivity contribution in [2.45, 2.75) is 32.1 Å². The molecule has 10 nitrogen and oxygen atoms in total. The lowest BCUT2D eigenvalue weighted by Gasteiger charge is -2.43. The molecule has 1 aromatic heterocycles. The molecule has 3 aromatic rings.